The first-order chi connectivity index (χ1) is 22.6. The minimum Gasteiger partial charge on any atom is -0.317 e. The van der Waals surface area contributed by atoms with Crippen LogP contribution in [0, 0.1) is 31.1 Å². The summed E-state index contributed by atoms with van der Waals surface area (Å²) < 4.78 is 0.327. The van der Waals surface area contributed by atoms with Crippen molar-refractivity contribution in [1.82, 2.24) is 25.4 Å². The molecule has 3 amide bonds. The molecular formula is C37H50N7O3+. The molecule has 1 unspecified atom stereocenters. The number of aromatic nitrogens is 1. The van der Waals surface area contributed by atoms with Crippen LogP contribution in [0.1, 0.15) is 91.3 Å². The van der Waals surface area contributed by atoms with Crippen molar-refractivity contribution in [2.24, 2.45) is 5.92 Å². The molecule has 250 valence electrons. The van der Waals surface area contributed by atoms with Crippen molar-refractivity contribution in [3.05, 3.63) is 64.5 Å². The van der Waals surface area contributed by atoms with E-state index in [9.17, 15) is 19.6 Å². The highest BCUT2D eigenvalue weighted by molar-refractivity contribution is 5.92. The number of nitrogens with one attached hydrogen (secondary N) is 2. The number of piperidine rings is 3. The number of nitrogens with zero attached hydrogens (tertiary/aromatic N) is 5. The molecular weight excluding hydrogens is 590 g/mol. The standard InChI is InChI=1S/C37H50N7O3/c1-25-22-30(23-38)41-26(2)33(25)35(46)44(37(4)14-18-40-19-15-37)20-12-31(13-21-44)43-32(28-8-6-5-7-9-28)24-42(36(43)47)34(27(3)45)29-10-16-39-17-11-29/h5-9,22,29,31-32,34,39-40H,10-21,24H2,1-4H3/q+1/t31?,32?,34-,44?/m0/s1. The van der Waals surface area contributed by atoms with Crippen LogP contribution < -0.4 is 10.6 Å². The van der Waals surface area contributed by atoms with Gasteiger partial charge in [-0.1, -0.05) is 30.3 Å². The lowest BCUT2D eigenvalue weighted by atomic mass is 9.81. The number of rotatable bonds is 7. The lowest BCUT2D eigenvalue weighted by Crippen LogP contribution is -2.72. The van der Waals surface area contributed by atoms with Gasteiger partial charge in [0.15, 0.2) is 5.78 Å². The van der Waals surface area contributed by atoms with Crippen molar-refractivity contribution in [2.75, 3.05) is 45.8 Å². The van der Waals surface area contributed by atoms with Gasteiger partial charge in [-0.15, -0.1) is 0 Å². The van der Waals surface area contributed by atoms with Gasteiger partial charge in [-0.25, -0.2) is 14.6 Å². The molecule has 10 nitrogen and oxygen atoms in total. The third kappa shape index (κ3) is 5.98. The lowest BCUT2D eigenvalue weighted by Gasteiger charge is -2.55. The van der Waals surface area contributed by atoms with E-state index in [1.807, 2.05) is 36.9 Å². The number of urea groups is 1. The van der Waals surface area contributed by atoms with Gasteiger partial charge in [-0.05, 0) is 76.7 Å². The van der Waals surface area contributed by atoms with Crippen molar-refractivity contribution in [3.63, 3.8) is 0 Å². The van der Waals surface area contributed by atoms with E-state index in [1.165, 1.54) is 0 Å². The summed E-state index contributed by atoms with van der Waals surface area (Å²) in [6.07, 6.45) is 4.91. The fraction of sp³-hybridized carbons (Fsp3) is 0.595. The minimum absolute atomic E-state index is 0.0510. The molecule has 2 N–H and O–H groups in total. The highest BCUT2D eigenvalue weighted by Gasteiger charge is 2.57. The smallest absolute Gasteiger partial charge is 0.317 e. The van der Waals surface area contributed by atoms with E-state index < -0.39 is 6.04 Å². The van der Waals surface area contributed by atoms with Crippen molar-refractivity contribution in [1.29, 1.82) is 5.26 Å². The summed E-state index contributed by atoms with van der Waals surface area (Å²) in [5, 5.41) is 16.4. The number of carbonyl (C=O) groups is 3. The first-order valence-electron chi connectivity index (χ1n) is 17.5. The quantitative estimate of drug-likeness (QED) is 0.434. The van der Waals surface area contributed by atoms with Crippen LogP contribution in [-0.4, -0.2) is 100 Å². The van der Waals surface area contributed by atoms with Crippen molar-refractivity contribution in [2.45, 2.75) is 89.9 Å². The number of aryl methyl sites for hydroxylation is 2. The number of amides is 3. The van der Waals surface area contributed by atoms with Crippen LogP contribution in [0.5, 0.6) is 0 Å². The number of pyridine rings is 1. The molecule has 2 atom stereocenters. The third-order valence-electron chi connectivity index (χ3n) is 11.8. The maximum Gasteiger partial charge on any atom is 0.348 e. The Hall–Kier alpha value is -3.65. The van der Waals surface area contributed by atoms with Crippen molar-refractivity contribution >= 4 is 17.7 Å². The van der Waals surface area contributed by atoms with Crippen LogP contribution in [0.2, 0.25) is 0 Å². The molecule has 47 heavy (non-hydrogen) atoms. The Morgan fingerprint density at radius 2 is 1.66 bits per heavy atom. The van der Waals surface area contributed by atoms with Crippen LogP contribution in [0.25, 0.3) is 0 Å². The zero-order valence-electron chi connectivity index (χ0n) is 28.4. The predicted octanol–water partition coefficient (Wildman–Crippen LogP) is 4.27. The summed E-state index contributed by atoms with van der Waals surface area (Å²) in [5.74, 6) is 0.288. The Balaban J connectivity index is 1.34. The SMILES string of the molecule is CC(=O)[C@@H](C1CCNCC1)N1CC(c2ccccc2)N(C2CC[N+](C(=O)c3c(C)cc(C#N)nc3C)(C3(C)CCNCC3)CC2)C1=O. The molecule has 1 aromatic heterocycles. The summed E-state index contributed by atoms with van der Waals surface area (Å²) in [7, 11) is 0. The number of nitriles is 1. The molecule has 4 aliphatic rings. The van der Waals surface area contributed by atoms with E-state index in [-0.39, 0.29) is 41.3 Å². The van der Waals surface area contributed by atoms with E-state index in [1.54, 1.807) is 13.0 Å². The number of carbonyl (C=O) groups excluding carboxylic acids is 3. The van der Waals surface area contributed by atoms with Gasteiger partial charge in [0.05, 0.1) is 30.9 Å². The van der Waals surface area contributed by atoms with Crippen molar-refractivity contribution in [3.8, 4) is 6.07 Å². The molecule has 0 saturated carbocycles. The van der Waals surface area contributed by atoms with Gasteiger partial charge >= 0.3 is 11.9 Å². The van der Waals surface area contributed by atoms with Crippen LogP contribution >= 0.6 is 0 Å². The van der Waals surface area contributed by atoms with Gasteiger partial charge in [0, 0.05) is 51.4 Å². The van der Waals surface area contributed by atoms with E-state index >= 15 is 0 Å². The number of Topliss-reactive ketones (excluding diaryl/α,β-unsaturated/α-hetero) is 1. The zero-order chi connectivity index (χ0) is 33.3. The molecule has 1 aromatic carbocycles. The van der Waals surface area contributed by atoms with Gasteiger partial charge in [-0.3, -0.25) is 9.28 Å². The minimum atomic E-state index is -0.427. The van der Waals surface area contributed by atoms with Gasteiger partial charge in [0.25, 0.3) is 0 Å². The summed E-state index contributed by atoms with van der Waals surface area (Å²) in [4.78, 5) is 51.1. The molecule has 4 fully saturated rings. The van der Waals surface area contributed by atoms with Gasteiger partial charge in [-0.2, -0.15) is 5.26 Å². The lowest BCUT2D eigenvalue weighted by molar-refractivity contribution is -0.907. The summed E-state index contributed by atoms with van der Waals surface area (Å²) in [6, 6.07) is 13.4. The fourth-order valence-electron chi connectivity index (χ4n) is 9.27. The van der Waals surface area contributed by atoms with Crippen molar-refractivity contribution < 1.29 is 18.9 Å². The molecule has 0 radical (unpaired) electrons. The molecule has 0 spiro atoms. The Morgan fingerprint density at radius 1 is 1.02 bits per heavy atom. The molecule has 10 heteroatoms. The molecule has 4 aliphatic heterocycles. The van der Waals surface area contributed by atoms with Crippen LogP contribution in [-0.2, 0) is 4.79 Å². The number of hydrogen-bond donors (Lipinski definition) is 2. The average Bonchev–Trinajstić information content (AvgIpc) is 3.41. The first-order valence-corrected chi connectivity index (χ1v) is 17.5. The Labute approximate surface area is 279 Å². The van der Waals surface area contributed by atoms with E-state index in [0.29, 0.717) is 53.9 Å². The molecule has 0 aliphatic carbocycles. The topological polar surface area (TPSA) is 118 Å². The monoisotopic (exact) mass is 640 g/mol. The molecule has 5 heterocycles. The zero-order valence-corrected chi connectivity index (χ0v) is 28.4. The molecule has 2 aromatic rings. The fourth-order valence-corrected chi connectivity index (χ4v) is 9.27. The second kappa shape index (κ2) is 13.5. The number of likely N-dealkylation sites (tertiary alicyclic amines) is 1. The normalized spacial score (nSPS) is 27.3. The Morgan fingerprint density at radius 3 is 2.26 bits per heavy atom. The van der Waals surface area contributed by atoms with E-state index in [4.69, 9.17) is 0 Å². The average molecular weight is 641 g/mol. The summed E-state index contributed by atoms with van der Waals surface area (Å²) in [5.41, 5.74) is 3.16. The maximum absolute atomic E-state index is 14.9. The number of benzene rings is 1. The molecule has 6 rings (SSSR count). The molecule has 4 saturated heterocycles. The highest BCUT2D eigenvalue weighted by Crippen LogP contribution is 2.43. The second-order valence-corrected chi connectivity index (χ2v) is 14.5. The molecule has 0 bridgehead atoms. The van der Waals surface area contributed by atoms with Gasteiger partial charge in [0.2, 0.25) is 0 Å². The Kier molecular flexibility index (Phi) is 9.52. The second-order valence-electron chi connectivity index (χ2n) is 14.5. The van der Waals surface area contributed by atoms with Gasteiger partial charge in [0.1, 0.15) is 22.9 Å². The maximum atomic E-state index is 14.9. The summed E-state index contributed by atoms with van der Waals surface area (Å²) in [6.45, 7) is 12.8. The van der Waals surface area contributed by atoms with Gasteiger partial charge < -0.3 is 20.4 Å². The first kappa shape index (κ1) is 33.3. The van der Waals surface area contributed by atoms with E-state index in [2.05, 4.69) is 45.6 Å². The predicted molar refractivity (Wildman–Crippen MR) is 179 cm³/mol. The van der Waals surface area contributed by atoms with Crippen LogP contribution in [0.3, 0.4) is 0 Å². The van der Waals surface area contributed by atoms with E-state index in [0.717, 1.165) is 63.0 Å². The highest BCUT2D eigenvalue weighted by atomic mass is 16.2. The van der Waals surface area contributed by atoms with Crippen LogP contribution in [0.15, 0.2) is 36.4 Å². The number of ketones is 1. The van der Waals surface area contributed by atoms with Crippen LogP contribution in [0.4, 0.5) is 4.79 Å². The number of quaternary nitrogens is 1. The Bertz CT molecular complexity index is 1510. The number of hydrogen-bond acceptors (Lipinski definition) is 7. The third-order valence-corrected chi connectivity index (χ3v) is 11.8. The summed E-state index contributed by atoms with van der Waals surface area (Å²) >= 11 is 0. The largest absolute Gasteiger partial charge is 0.348 e.